The summed E-state index contributed by atoms with van der Waals surface area (Å²) in [6, 6.07) is 8.92. The molecule has 1 aromatic carbocycles. The summed E-state index contributed by atoms with van der Waals surface area (Å²) in [5, 5.41) is 7.96. The zero-order valence-electron chi connectivity index (χ0n) is 10.8. The van der Waals surface area contributed by atoms with E-state index in [9.17, 15) is 4.79 Å². The number of hydrogen-bond acceptors (Lipinski definition) is 5. The van der Waals surface area contributed by atoms with E-state index in [1.807, 2.05) is 30.3 Å². The van der Waals surface area contributed by atoms with E-state index in [1.54, 1.807) is 6.20 Å². The summed E-state index contributed by atoms with van der Waals surface area (Å²) in [4.78, 5) is 11.2. The molecule has 6 nitrogen and oxygen atoms in total. The average Bonchev–Trinajstić information content (AvgIpc) is 2.87. The van der Waals surface area contributed by atoms with Gasteiger partial charge in [0, 0.05) is 5.56 Å². The summed E-state index contributed by atoms with van der Waals surface area (Å²) in [6.07, 6.45) is 1.75. The number of carbonyl (C=O) groups is 1. The van der Waals surface area contributed by atoms with Crippen LogP contribution in [0.2, 0.25) is 0 Å². The molecule has 1 aromatic heterocycles. The molecule has 0 spiro atoms. The molecule has 1 atom stereocenters. The van der Waals surface area contributed by atoms with E-state index < -0.39 is 12.0 Å². The van der Waals surface area contributed by atoms with Crippen LogP contribution in [-0.4, -0.2) is 34.1 Å². The minimum absolute atomic E-state index is 0. The summed E-state index contributed by atoms with van der Waals surface area (Å²) in [5.41, 5.74) is 7.36. The van der Waals surface area contributed by atoms with Gasteiger partial charge in [0.25, 0.3) is 0 Å². The highest BCUT2D eigenvalue weighted by atomic mass is 35.5. The SMILES string of the molecule is COC(=O)[C@H](N)Cn1cc(-c2ccccc2)nn1.Cl.Cl. The van der Waals surface area contributed by atoms with Crippen molar-refractivity contribution in [3.05, 3.63) is 36.5 Å². The maximum atomic E-state index is 11.2. The largest absolute Gasteiger partial charge is 0.468 e. The Hall–Kier alpha value is -1.63. The van der Waals surface area contributed by atoms with Gasteiger partial charge in [0.05, 0.1) is 19.9 Å². The fourth-order valence-corrected chi connectivity index (χ4v) is 1.56. The van der Waals surface area contributed by atoms with Gasteiger partial charge < -0.3 is 10.5 Å². The zero-order valence-corrected chi connectivity index (χ0v) is 12.4. The quantitative estimate of drug-likeness (QED) is 0.859. The summed E-state index contributed by atoms with van der Waals surface area (Å²) in [5.74, 6) is -0.466. The van der Waals surface area contributed by atoms with Gasteiger partial charge in [0.1, 0.15) is 11.7 Å². The molecule has 110 valence electrons. The third-order valence-electron chi connectivity index (χ3n) is 2.50. The molecular formula is C12H16Cl2N4O2. The molecule has 0 aliphatic heterocycles. The Bertz CT molecular complexity index is 533. The molecule has 1 heterocycles. The van der Waals surface area contributed by atoms with Gasteiger partial charge in [-0.2, -0.15) is 0 Å². The van der Waals surface area contributed by atoms with E-state index in [0.717, 1.165) is 11.3 Å². The summed E-state index contributed by atoms with van der Waals surface area (Å²) >= 11 is 0. The smallest absolute Gasteiger partial charge is 0.324 e. The summed E-state index contributed by atoms with van der Waals surface area (Å²) in [7, 11) is 1.30. The molecule has 0 saturated heterocycles. The molecule has 0 amide bonds. The molecule has 2 aromatic rings. The highest BCUT2D eigenvalue weighted by Gasteiger charge is 2.15. The predicted molar refractivity (Wildman–Crippen MR) is 79.9 cm³/mol. The van der Waals surface area contributed by atoms with Crippen LogP contribution in [0.5, 0.6) is 0 Å². The van der Waals surface area contributed by atoms with Crippen molar-refractivity contribution in [3.63, 3.8) is 0 Å². The number of hydrogen-bond donors (Lipinski definition) is 1. The summed E-state index contributed by atoms with van der Waals surface area (Å²) < 4.78 is 6.08. The topological polar surface area (TPSA) is 83.0 Å². The first kappa shape index (κ1) is 18.4. The molecule has 0 saturated carbocycles. The Labute approximate surface area is 129 Å². The van der Waals surface area contributed by atoms with Crippen LogP contribution in [0.4, 0.5) is 0 Å². The highest BCUT2D eigenvalue weighted by molar-refractivity contribution is 5.85. The third-order valence-corrected chi connectivity index (χ3v) is 2.50. The lowest BCUT2D eigenvalue weighted by molar-refractivity contribution is -0.142. The average molecular weight is 319 g/mol. The first-order valence-electron chi connectivity index (χ1n) is 5.49. The van der Waals surface area contributed by atoms with Gasteiger partial charge in [-0.25, -0.2) is 4.68 Å². The lowest BCUT2D eigenvalue weighted by Gasteiger charge is -2.07. The van der Waals surface area contributed by atoms with Gasteiger partial charge in [-0.15, -0.1) is 29.9 Å². The van der Waals surface area contributed by atoms with Crippen molar-refractivity contribution in [2.75, 3.05) is 7.11 Å². The van der Waals surface area contributed by atoms with E-state index in [1.165, 1.54) is 11.8 Å². The highest BCUT2D eigenvalue weighted by Crippen LogP contribution is 2.14. The van der Waals surface area contributed by atoms with Crippen LogP contribution in [-0.2, 0) is 16.1 Å². The van der Waals surface area contributed by atoms with Crippen molar-refractivity contribution in [1.82, 2.24) is 15.0 Å². The van der Waals surface area contributed by atoms with Crippen molar-refractivity contribution in [2.45, 2.75) is 12.6 Å². The second-order valence-electron chi connectivity index (χ2n) is 3.82. The van der Waals surface area contributed by atoms with Crippen LogP contribution in [0.25, 0.3) is 11.3 Å². The molecular weight excluding hydrogens is 303 g/mol. The van der Waals surface area contributed by atoms with Crippen LogP contribution >= 0.6 is 24.8 Å². The lowest BCUT2D eigenvalue weighted by Crippen LogP contribution is -2.36. The van der Waals surface area contributed by atoms with Gasteiger partial charge in [-0.3, -0.25) is 4.79 Å². The number of rotatable bonds is 4. The van der Waals surface area contributed by atoms with Crippen molar-refractivity contribution in [3.8, 4) is 11.3 Å². The van der Waals surface area contributed by atoms with Crippen molar-refractivity contribution in [1.29, 1.82) is 0 Å². The minimum Gasteiger partial charge on any atom is -0.468 e. The molecule has 0 fully saturated rings. The second kappa shape index (κ2) is 8.52. The first-order chi connectivity index (χ1) is 8.70. The fraction of sp³-hybridized carbons (Fsp3) is 0.250. The molecule has 20 heavy (non-hydrogen) atoms. The molecule has 0 bridgehead atoms. The molecule has 2 N–H and O–H groups in total. The van der Waals surface area contributed by atoms with Gasteiger partial charge in [-0.05, 0) is 0 Å². The minimum atomic E-state index is -0.736. The maximum Gasteiger partial charge on any atom is 0.324 e. The monoisotopic (exact) mass is 318 g/mol. The zero-order chi connectivity index (χ0) is 13.0. The van der Waals surface area contributed by atoms with Gasteiger partial charge in [-0.1, -0.05) is 35.5 Å². The van der Waals surface area contributed by atoms with Gasteiger partial charge in [0.15, 0.2) is 0 Å². The van der Waals surface area contributed by atoms with Gasteiger partial charge in [0.2, 0.25) is 0 Å². The third kappa shape index (κ3) is 4.48. The van der Waals surface area contributed by atoms with E-state index in [0.29, 0.717) is 0 Å². The molecule has 8 heteroatoms. The lowest BCUT2D eigenvalue weighted by atomic mass is 10.2. The van der Waals surface area contributed by atoms with Crippen LogP contribution in [0, 0.1) is 0 Å². The molecule has 0 aliphatic rings. The van der Waals surface area contributed by atoms with Crippen LogP contribution < -0.4 is 5.73 Å². The number of halogens is 2. The normalized spacial score (nSPS) is 10.9. The number of esters is 1. The first-order valence-corrected chi connectivity index (χ1v) is 5.49. The van der Waals surface area contributed by atoms with E-state index in [-0.39, 0.29) is 31.4 Å². The van der Waals surface area contributed by atoms with E-state index in [4.69, 9.17) is 5.73 Å². The van der Waals surface area contributed by atoms with E-state index >= 15 is 0 Å². The number of methoxy groups -OCH3 is 1. The number of nitrogens with zero attached hydrogens (tertiary/aromatic N) is 3. The Morgan fingerprint density at radius 2 is 2.00 bits per heavy atom. The number of benzene rings is 1. The fourth-order valence-electron chi connectivity index (χ4n) is 1.56. The Morgan fingerprint density at radius 1 is 1.35 bits per heavy atom. The Morgan fingerprint density at radius 3 is 2.60 bits per heavy atom. The molecule has 0 aliphatic carbocycles. The Balaban J connectivity index is 0.00000180. The molecule has 0 unspecified atom stereocenters. The predicted octanol–water partition coefficient (Wildman–Crippen LogP) is 1.29. The molecule has 0 radical (unpaired) electrons. The van der Waals surface area contributed by atoms with Crippen LogP contribution in [0.15, 0.2) is 36.5 Å². The van der Waals surface area contributed by atoms with Gasteiger partial charge >= 0.3 is 5.97 Å². The summed E-state index contributed by atoms with van der Waals surface area (Å²) in [6.45, 7) is 0.243. The van der Waals surface area contributed by atoms with Crippen molar-refractivity contribution >= 4 is 30.8 Å². The molecule has 2 rings (SSSR count). The number of carbonyl (C=O) groups excluding carboxylic acids is 1. The van der Waals surface area contributed by atoms with Crippen LogP contribution in [0.3, 0.4) is 0 Å². The van der Waals surface area contributed by atoms with E-state index in [2.05, 4.69) is 15.0 Å². The Kier molecular flexibility index (Phi) is 7.83. The maximum absolute atomic E-state index is 11.2. The number of nitrogens with two attached hydrogens (primary N) is 1. The standard InChI is InChI=1S/C12H14N4O2.2ClH/c1-18-12(17)10(13)7-16-8-11(14-15-16)9-5-3-2-4-6-9;;/h2-6,8,10H,7,13H2,1H3;2*1H/t10-;;/m1../s1. The second-order valence-corrected chi connectivity index (χ2v) is 3.82. The number of ether oxygens (including phenoxy) is 1. The van der Waals surface area contributed by atoms with Crippen LogP contribution in [0.1, 0.15) is 0 Å². The van der Waals surface area contributed by atoms with Crippen molar-refractivity contribution in [2.24, 2.45) is 5.73 Å². The number of aromatic nitrogens is 3. The van der Waals surface area contributed by atoms with Crippen molar-refractivity contribution < 1.29 is 9.53 Å².